The van der Waals surface area contributed by atoms with E-state index in [1.165, 1.54) is 0 Å². The molecule has 20 heavy (non-hydrogen) atoms. The number of ether oxygens (including phenoxy) is 1. The predicted octanol–water partition coefficient (Wildman–Crippen LogP) is 3.12. The molecular weight excluding hydrogens is 250 g/mol. The Balaban J connectivity index is 2.05. The van der Waals surface area contributed by atoms with Crippen LogP contribution >= 0.6 is 0 Å². The summed E-state index contributed by atoms with van der Waals surface area (Å²) in [6.07, 6.45) is 5.44. The third-order valence-corrected chi connectivity index (χ3v) is 3.61. The van der Waals surface area contributed by atoms with Crippen molar-refractivity contribution in [1.82, 2.24) is 4.90 Å². The smallest absolute Gasteiger partial charge is 0.247 e. The van der Waals surface area contributed by atoms with Gasteiger partial charge in [-0.1, -0.05) is 30.3 Å². The van der Waals surface area contributed by atoms with Crippen LogP contribution in [0.25, 0.3) is 6.08 Å². The van der Waals surface area contributed by atoms with Crippen molar-refractivity contribution in [2.24, 2.45) is 0 Å². The largest absolute Gasteiger partial charge is 0.381 e. The maximum Gasteiger partial charge on any atom is 0.247 e. The van der Waals surface area contributed by atoms with Crippen LogP contribution in [0.5, 0.6) is 0 Å². The zero-order valence-corrected chi connectivity index (χ0v) is 12.3. The summed E-state index contributed by atoms with van der Waals surface area (Å²) in [7, 11) is 0. The molecule has 0 atom stereocenters. The van der Waals surface area contributed by atoms with Crippen molar-refractivity contribution in [3.8, 4) is 0 Å². The molecule has 0 radical (unpaired) electrons. The fraction of sp³-hybridized carbons (Fsp3) is 0.471. The molecule has 1 aliphatic heterocycles. The van der Waals surface area contributed by atoms with Gasteiger partial charge in [0.1, 0.15) is 0 Å². The molecule has 2 rings (SSSR count). The Morgan fingerprint density at radius 1 is 1.25 bits per heavy atom. The predicted molar refractivity (Wildman–Crippen MR) is 81.3 cm³/mol. The van der Waals surface area contributed by atoms with Crippen LogP contribution in [0.2, 0.25) is 0 Å². The summed E-state index contributed by atoms with van der Waals surface area (Å²) in [5.74, 6) is 0.0933. The van der Waals surface area contributed by atoms with Crippen molar-refractivity contribution < 1.29 is 9.53 Å². The first-order valence-corrected chi connectivity index (χ1v) is 7.31. The molecule has 0 aromatic heterocycles. The quantitative estimate of drug-likeness (QED) is 0.789. The molecule has 1 aliphatic rings. The van der Waals surface area contributed by atoms with Crippen molar-refractivity contribution in [2.45, 2.75) is 38.8 Å². The van der Waals surface area contributed by atoms with Gasteiger partial charge in [0.15, 0.2) is 0 Å². The molecule has 0 unspecified atom stereocenters. The van der Waals surface area contributed by atoms with Crippen LogP contribution in [0.3, 0.4) is 0 Å². The second kappa shape index (κ2) is 7.25. The minimum Gasteiger partial charge on any atom is -0.381 e. The molecule has 0 aliphatic carbocycles. The third kappa shape index (κ3) is 3.94. The van der Waals surface area contributed by atoms with E-state index < -0.39 is 0 Å². The van der Waals surface area contributed by atoms with E-state index >= 15 is 0 Å². The average Bonchev–Trinajstić information content (AvgIpc) is 2.47. The van der Waals surface area contributed by atoms with E-state index in [0.29, 0.717) is 6.04 Å². The molecule has 0 bridgehead atoms. The average molecular weight is 273 g/mol. The summed E-state index contributed by atoms with van der Waals surface area (Å²) in [5, 5.41) is 0. The Bertz CT molecular complexity index is 447. The number of benzene rings is 1. The van der Waals surface area contributed by atoms with Crippen molar-refractivity contribution in [2.75, 3.05) is 13.2 Å². The van der Waals surface area contributed by atoms with Gasteiger partial charge in [-0.15, -0.1) is 0 Å². The van der Waals surface area contributed by atoms with Gasteiger partial charge < -0.3 is 9.64 Å². The standard InChI is InChI=1S/C17H23NO2/c1-14(2)18(16-10-12-20-13-11-16)17(19)9-8-15-6-4-3-5-7-15/h3-9,14,16H,10-13H2,1-2H3/b9-8-. The molecule has 1 amide bonds. The minimum absolute atomic E-state index is 0.0933. The number of rotatable bonds is 4. The van der Waals surface area contributed by atoms with Crippen LogP contribution in [-0.4, -0.2) is 36.1 Å². The maximum atomic E-state index is 12.5. The number of hydrogen-bond acceptors (Lipinski definition) is 2. The van der Waals surface area contributed by atoms with E-state index in [2.05, 4.69) is 13.8 Å². The third-order valence-electron chi connectivity index (χ3n) is 3.61. The SMILES string of the molecule is CC(C)N(C(=O)/C=C\c1ccccc1)C1CCOCC1. The topological polar surface area (TPSA) is 29.5 Å². The molecule has 1 fully saturated rings. The first kappa shape index (κ1) is 14.8. The lowest BCUT2D eigenvalue weighted by Gasteiger charge is -2.36. The van der Waals surface area contributed by atoms with Gasteiger partial charge in [0, 0.05) is 31.4 Å². The van der Waals surface area contributed by atoms with Gasteiger partial charge in [0.05, 0.1) is 0 Å². The van der Waals surface area contributed by atoms with E-state index in [-0.39, 0.29) is 11.9 Å². The highest BCUT2D eigenvalue weighted by Gasteiger charge is 2.26. The highest BCUT2D eigenvalue weighted by molar-refractivity contribution is 5.92. The normalized spacial score (nSPS) is 16.8. The van der Waals surface area contributed by atoms with Crippen LogP contribution in [0.15, 0.2) is 36.4 Å². The second-order valence-electron chi connectivity index (χ2n) is 5.43. The van der Waals surface area contributed by atoms with Gasteiger partial charge in [-0.25, -0.2) is 0 Å². The first-order chi connectivity index (χ1) is 9.68. The van der Waals surface area contributed by atoms with Crippen LogP contribution in [-0.2, 0) is 9.53 Å². The minimum atomic E-state index is 0.0933. The Hall–Kier alpha value is -1.61. The lowest BCUT2D eigenvalue weighted by molar-refractivity contribution is -0.132. The van der Waals surface area contributed by atoms with Crippen molar-refractivity contribution in [3.05, 3.63) is 42.0 Å². The van der Waals surface area contributed by atoms with Crippen molar-refractivity contribution in [1.29, 1.82) is 0 Å². The fourth-order valence-corrected chi connectivity index (χ4v) is 2.64. The van der Waals surface area contributed by atoms with Crippen LogP contribution in [0.1, 0.15) is 32.3 Å². The molecule has 1 heterocycles. The van der Waals surface area contributed by atoms with Gasteiger partial charge in [-0.3, -0.25) is 4.79 Å². The van der Waals surface area contributed by atoms with Gasteiger partial charge in [0.25, 0.3) is 0 Å². The Morgan fingerprint density at radius 3 is 2.50 bits per heavy atom. The van der Waals surface area contributed by atoms with E-state index in [9.17, 15) is 4.79 Å². The van der Waals surface area contributed by atoms with Gasteiger partial charge in [-0.2, -0.15) is 0 Å². The summed E-state index contributed by atoms with van der Waals surface area (Å²) in [4.78, 5) is 14.4. The maximum absolute atomic E-state index is 12.5. The number of carbonyl (C=O) groups excluding carboxylic acids is 1. The molecule has 3 nitrogen and oxygen atoms in total. The molecule has 1 saturated heterocycles. The summed E-state index contributed by atoms with van der Waals surface area (Å²) in [5.41, 5.74) is 1.05. The summed E-state index contributed by atoms with van der Waals surface area (Å²) in [6.45, 7) is 5.65. The van der Waals surface area contributed by atoms with E-state index in [0.717, 1.165) is 31.6 Å². The zero-order valence-electron chi connectivity index (χ0n) is 12.3. The van der Waals surface area contributed by atoms with Crippen molar-refractivity contribution in [3.63, 3.8) is 0 Å². The second-order valence-corrected chi connectivity index (χ2v) is 5.43. The molecule has 0 saturated carbocycles. The summed E-state index contributed by atoms with van der Waals surface area (Å²) < 4.78 is 5.38. The van der Waals surface area contributed by atoms with E-state index in [4.69, 9.17) is 4.74 Å². The van der Waals surface area contributed by atoms with Crippen LogP contribution in [0.4, 0.5) is 0 Å². The first-order valence-electron chi connectivity index (χ1n) is 7.31. The van der Waals surface area contributed by atoms with Crippen molar-refractivity contribution >= 4 is 12.0 Å². The zero-order chi connectivity index (χ0) is 14.4. The molecule has 1 aromatic rings. The number of nitrogens with zero attached hydrogens (tertiary/aromatic N) is 1. The van der Waals surface area contributed by atoms with Gasteiger partial charge >= 0.3 is 0 Å². The molecule has 0 N–H and O–H groups in total. The van der Waals surface area contributed by atoms with Crippen LogP contribution < -0.4 is 0 Å². The lowest BCUT2D eigenvalue weighted by Crippen LogP contribution is -2.46. The van der Waals surface area contributed by atoms with Gasteiger partial charge in [0.2, 0.25) is 5.91 Å². The number of amides is 1. The molecule has 1 aromatic carbocycles. The van der Waals surface area contributed by atoms with E-state index in [1.807, 2.05) is 41.3 Å². The Morgan fingerprint density at radius 2 is 1.90 bits per heavy atom. The lowest BCUT2D eigenvalue weighted by atomic mass is 10.0. The Labute approximate surface area is 121 Å². The number of hydrogen-bond donors (Lipinski definition) is 0. The summed E-state index contributed by atoms with van der Waals surface area (Å²) >= 11 is 0. The molecular formula is C17H23NO2. The fourth-order valence-electron chi connectivity index (χ4n) is 2.64. The molecule has 3 heteroatoms. The molecule has 0 spiro atoms. The van der Waals surface area contributed by atoms with Crippen LogP contribution in [0, 0.1) is 0 Å². The highest BCUT2D eigenvalue weighted by atomic mass is 16.5. The summed E-state index contributed by atoms with van der Waals surface area (Å²) in [6, 6.07) is 10.4. The highest BCUT2D eigenvalue weighted by Crippen LogP contribution is 2.18. The van der Waals surface area contributed by atoms with E-state index in [1.54, 1.807) is 6.08 Å². The van der Waals surface area contributed by atoms with Gasteiger partial charge in [-0.05, 0) is 38.3 Å². The molecule has 108 valence electrons. The monoisotopic (exact) mass is 273 g/mol. The number of carbonyl (C=O) groups is 1. The Kier molecular flexibility index (Phi) is 5.36.